The first-order valence-electron chi connectivity index (χ1n) is 11.8. The van der Waals surface area contributed by atoms with Crippen molar-refractivity contribution in [3.63, 3.8) is 0 Å². The molecule has 2 nitrogen and oxygen atoms in total. The lowest BCUT2D eigenvalue weighted by Gasteiger charge is -2.05. The van der Waals surface area contributed by atoms with Crippen LogP contribution in [0.15, 0.2) is 84.9 Å². The predicted molar refractivity (Wildman–Crippen MR) is 146 cm³/mol. The maximum Gasteiger partial charge on any atom is 0.163 e. The van der Waals surface area contributed by atoms with Crippen molar-refractivity contribution in [2.75, 3.05) is 11.8 Å². The molecular weight excluding hydrogens is 463 g/mol. The molecule has 0 aromatic heterocycles. The van der Waals surface area contributed by atoms with Gasteiger partial charge in [0.15, 0.2) is 11.6 Å². The van der Waals surface area contributed by atoms with E-state index in [4.69, 9.17) is 23.2 Å². The van der Waals surface area contributed by atoms with Gasteiger partial charge in [-0.25, -0.2) is 0 Å². The quantitative estimate of drug-likeness (QED) is 0.126. The average molecular weight is 493 g/mol. The first-order valence-corrected chi connectivity index (χ1v) is 12.9. The summed E-state index contributed by atoms with van der Waals surface area (Å²) in [5, 5.41) is 4.46. The lowest BCUT2D eigenvalue weighted by atomic mass is 9.99. The molecule has 176 valence electrons. The minimum Gasteiger partial charge on any atom is -0.294 e. The van der Waals surface area contributed by atoms with Crippen LogP contribution in [0.5, 0.6) is 0 Å². The number of unbranched alkanes of at least 4 members (excludes halogenated alkanes) is 2. The molecule has 0 aliphatic rings. The minimum atomic E-state index is 0.209. The Morgan fingerprint density at radius 3 is 1.85 bits per heavy atom. The normalized spacial score (nSPS) is 10.6. The standard InChI is InChI=1S/2C15H15ClO/c16-11-4-3-10-15(17)14-9-5-7-12-6-1-2-8-13(12)14;16-10-4-3-7-15(17)14-9-8-12-5-1-2-6-13(12)11-14/h1-2,5-9H,3-4,10-11H2;1-2,5-6,8-9,11H,3-4,7,10H2. The SMILES string of the molecule is O=C(CCCCCl)c1ccc2ccccc2c1.O=C(CCCCCl)c1cccc2ccccc12. The highest BCUT2D eigenvalue weighted by molar-refractivity contribution is 6.18. The van der Waals surface area contributed by atoms with Crippen LogP contribution in [0.2, 0.25) is 0 Å². The van der Waals surface area contributed by atoms with E-state index in [9.17, 15) is 9.59 Å². The summed E-state index contributed by atoms with van der Waals surface area (Å²) in [6, 6.07) is 27.8. The Labute approximate surface area is 211 Å². The van der Waals surface area contributed by atoms with Crippen molar-refractivity contribution >= 4 is 56.3 Å². The molecule has 4 aromatic carbocycles. The molecule has 0 saturated carbocycles. The van der Waals surface area contributed by atoms with Crippen molar-refractivity contribution in [3.05, 3.63) is 96.1 Å². The fourth-order valence-electron chi connectivity index (χ4n) is 3.87. The zero-order valence-corrected chi connectivity index (χ0v) is 20.8. The molecule has 4 aromatic rings. The fraction of sp³-hybridized carbons (Fsp3) is 0.267. The van der Waals surface area contributed by atoms with Gasteiger partial charge in [-0.3, -0.25) is 9.59 Å². The Morgan fingerprint density at radius 1 is 0.559 bits per heavy atom. The molecule has 0 aliphatic carbocycles. The van der Waals surface area contributed by atoms with Crippen LogP contribution >= 0.6 is 23.2 Å². The Morgan fingerprint density at radius 2 is 1.15 bits per heavy atom. The molecule has 4 rings (SSSR count). The van der Waals surface area contributed by atoms with E-state index in [-0.39, 0.29) is 11.6 Å². The van der Waals surface area contributed by atoms with Crippen LogP contribution in [-0.4, -0.2) is 23.3 Å². The first kappa shape index (κ1) is 25.9. The van der Waals surface area contributed by atoms with Gasteiger partial charge in [-0.15, -0.1) is 23.2 Å². The summed E-state index contributed by atoms with van der Waals surface area (Å²) in [5.41, 5.74) is 1.64. The summed E-state index contributed by atoms with van der Waals surface area (Å²) in [6.45, 7) is 0. The second-order valence-corrected chi connectivity index (χ2v) is 8.98. The Bertz CT molecular complexity index is 1220. The Hall–Kier alpha value is -2.68. The molecule has 0 bridgehead atoms. The number of rotatable bonds is 10. The van der Waals surface area contributed by atoms with Crippen LogP contribution < -0.4 is 0 Å². The van der Waals surface area contributed by atoms with Gasteiger partial charge in [-0.1, -0.05) is 78.9 Å². The third-order valence-electron chi connectivity index (χ3n) is 5.74. The first-order chi connectivity index (χ1) is 16.6. The van der Waals surface area contributed by atoms with Gasteiger partial charge in [-0.2, -0.15) is 0 Å². The number of hydrogen-bond donors (Lipinski definition) is 0. The molecule has 0 spiro atoms. The highest BCUT2D eigenvalue weighted by Gasteiger charge is 2.09. The summed E-state index contributed by atoms with van der Waals surface area (Å²) in [6.07, 6.45) is 4.71. The molecule has 0 radical (unpaired) electrons. The van der Waals surface area contributed by atoms with Gasteiger partial charge in [0.25, 0.3) is 0 Å². The van der Waals surface area contributed by atoms with Crippen molar-refractivity contribution in [2.45, 2.75) is 38.5 Å². The largest absolute Gasteiger partial charge is 0.294 e. The molecule has 0 unspecified atom stereocenters. The summed E-state index contributed by atoms with van der Waals surface area (Å²) >= 11 is 11.2. The van der Waals surface area contributed by atoms with E-state index in [0.29, 0.717) is 24.6 Å². The molecule has 0 N–H and O–H groups in total. The molecule has 0 aliphatic heterocycles. The number of carbonyl (C=O) groups is 2. The van der Waals surface area contributed by atoms with Gasteiger partial charge >= 0.3 is 0 Å². The van der Waals surface area contributed by atoms with E-state index in [1.54, 1.807) is 0 Å². The summed E-state index contributed by atoms with van der Waals surface area (Å²) in [4.78, 5) is 24.0. The average Bonchev–Trinajstić information content (AvgIpc) is 2.88. The number of fused-ring (bicyclic) bond motifs is 2. The van der Waals surface area contributed by atoms with Gasteiger partial charge in [0, 0.05) is 35.7 Å². The maximum absolute atomic E-state index is 12.1. The molecule has 0 atom stereocenters. The van der Waals surface area contributed by atoms with Crippen molar-refractivity contribution in [1.82, 2.24) is 0 Å². The van der Waals surface area contributed by atoms with Gasteiger partial charge in [-0.05, 0) is 53.3 Å². The molecule has 34 heavy (non-hydrogen) atoms. The Balaban J connectivity index is 0.000000191. The van der Waals surface area contributed by atoms with Crippen molar-refractivity contribution in [2.24, 2.45) is 0 Å². The zero-order valence-electron chi connectivity index (χ0n) is 19.3. The number of ketones is 2. The smallest absolute Gasteiger partial charge is 0.163 e. The van der Waals surface area contributed by atoms with Crippen LogP contribution in [0.25, 0.3) is 21.5 Å². The fourth-order valence-corrected chi connectivity index (χ4v) is 4.25. The Kier molecular flexibility index (Phi) is 10.6. The second kappa shape index (κ2) is 13.9. The van der Waals surface area contributed by atoms with Crippen molar-refractivity contribution in [3.8, 4) is 0 Å². The van der Waals surface area contributed by atoms with E-state index in [2.05, 4.69) is 6.07 Å². The monoisotopic (exact) mass is 492 g/mol. The number of benzene rings is 4. The van der Waals surface area contributed by atoms with Gasteiger partial charge in [0.1, 0.15) is 0 Å². The highest BCUT2D eigenvalue weighted by Crippen LogP contribution is 2.21. The maximum atomic E-state index is 12.1. The van der Waals surface area contributed by atoms with Gasteiger partial charge in [0.2, 0.25) is 0 Å². The third-order valence-corrected chi connectivity index (χ3v) is 6.27. The van der Waals surface area contributed by atoms with Gasteiger partial charge in [0.05, 0.1) is 0 Å². The lowest BCUT2D eigenvalue weighted by molar-refractivity contribution is 0.0972. The number of alkyl halides is 2. The number of hydrogen-bond acceptors (Lipinski definition) is 2. The molecule has 0 amide bonds. The zero-order chi connectivity index (χ0) is 24.2. The van der Waals surface area contributed by atoms with E-state index in [1.165, 1.54) is 5.39 Å². The lowest BCUT2D eigenvalue weighted by Crippen LogP contribution is -2.00. The van der Waals surface area contributed by atoms with E-state index >= 15 is 0 Å². The van der Waals surface area contributed by atoms with Crippen LogP contribution in [0.4, 0.5) is 0 Å². The molecular formula is C30H30Cl2O2. The minimum absolute atomic E-state index is 0.209. The van der Waals surface area contributed by atoms with Crippen molar-refractivity contribution < 1.29 is 9.59 Å². The molecule has 0 fully saturated rings. The number of carbonyl (C=O) groups excluding carboxylic acids is 2. The summed E-state index contributed by atoms with van der Waals surface area (Å²) in [7, 11) is 0. The van der Waals surface area contributed by atoms with E-state index < -0.39 is 0 Å². The number of Topliss-reactive ketones (excluding diaryl/α,β-unsaturated/α-hetero) is 2. The van der Waals surface area contributed by atoms with Gasteiger partial charge < -0.3 is 0 Å². The summed E-state index contributed by atoms with van der Waals surface area (Å²) in [5.74, 6) is 1.68. The third kappa shape index (κ3) is 7.41. The highest BCUT2D eigenvalue weighted by atomic mass is 35.5. The van der Waals surface area contributed by atoms with Crippen LogP contribution in [0.3, 0.4) is 0 Å². The molecule has 4 heteroatoms. The van der Waals surface area contributed by atoms with E-state index in [0.717, 1.165) is 53.0 Å². The molecule has 0 heterocycles. The van der Waals surface area contributed by atoms with Crippen molar-refractivity contribution in [1.29, 1.82) is 0 Å². The molecule has 0 saturated heterocycles. The predicted octanol–water partition coefficient (Wildman–Crippen LogP) is 8.86. The summed E-state index contributed by atoms with van der Waals surface area (Å²) < 4.78 is 0. The number of halogens is 2. The topological polar surface area (TPSA) is 34.1 Å². The van der Waals surface area contributed by atoms with E-state index in [1.807, 2.05) is 78.9 Å². The second-order valence-electron chi connectivity index (χ2n) is 8.23. The van der Waals surface area contributed by atoms with Crippen LogP contribution in [0.1, 0.15) is 59.2 Å². The van der Waals surface area contributed by atoms with Crippen LogP contribution in [-0.2, 0) is 0 Å². The van der Waals surface area contributed by atoms with Crippen LogP contribution in [0, 0.1) is 0 Å².